The number of aromatic hydroxyl groups is 1. The van der Waals surface area contributed by atoms with Crippen LogP contribution in [-0.4, -0.2) is 43.9 Å². The average Bonchev–Trinajstić information content (AvgIpc) is 3.21. The number of carbonyl (C=O) groups excluding carboxylic acids is 2. The van der Waals surface area contributed by atoms with Gasteiger partial charge in [-0.1, -0.05) is 32.4 Å². The fourth-order valence-corrected chi connectivity index (χ4v) is 3.16. The molecule has 0 aliphatic rings. The van der Waals surface area contributed by atoms with Crippen LogP contribution < -0.4 is 5.32 Å². The van der Waals surface area contributed by atoms with Crippen molar-refractivity contribution in [3.05, 3.63) is 28.9 Å². The second-order valence-electron chi connectivity index (χ2n) is 7.58. The molecule has 0 saturated carbocycles. The van der Waals surface area contributed by atoms with Gasteiger partial charge in [-0.25, -0.2) is 0 Å². The monoisotopic (exact) mass is 419 g/mol. The molecule has 2 aromatic heterocycles. The van der Waals surface area contributed by atoms with Crippen molar-refractivity contribution in [2.75, 3.05) is 12.4 Å². The predicted octanol–water partition coefficient (Wildman–Crippen LogP) is 3.27. The number of phenolic OH excluding ortho intramolecular Hbond substituents is 1. The van der Waals surface area contributed by atoms with Crippen molar-refractivity contribution in [1.82, 2.24) is 19.8 Å². The maximum absolute atomic E-state index is 12.0. The number of phenols is 1. The minimum atomic E-state index is -0.483. The first-order valence-electron chi connectivity index (χ1n) is 8.95. The van der Waals surface area contributed by atoms with Crippen molar-refractivity contribution in [1.29, 1.82) is 0 Å². The number of benzene rings is 1. The number of aromatic amines is 1. The molecule has 3 aromatic rings. The minimum absolute atomic E-state index is 0.0488. The van der Waals surface area contributed by atoms with Gasteiger partial charge in [0, 0.05) is 17.4 Å². The Morgan fingerprint density at radius 2 is 2.00 bits per heavy atom. The lowest BCUT2D eigenvalue weighted by Gasteiger charge is -2.14. The van der Waals surface area contributed by atoms with E-state index in [1.54, 1.807) is 12.1 Å². The molecular weight excluding hydrogens is 398 g/mol. The molecule has 0 unspecified atom stereocenters. The molecule has 1 amide bonds. The zero-order valence-corrected chi connectivity index (χ0v) is 17.3. The molecule has 0 bridgehead atoms. The average molecular weight is 420 g/mol. The molecule has 0 aliphatic carbocycles. The van der Waals surface area contributed by atoms with E-state index in [0.29, 0.717) is 22.1 Å². The van der Waals surface area contributed by atoms with Gasteiger partial charge in [-0.05, 0) is 18.2 Å². The summed E-state index contributed by atoms with van der Waals surface area (Å²) >= 11 is 6.45. The van der Waals surface area contributed by atoms with Gasteiger partial charge in [0.05, 0.1) is 24.9 Å². The maximum Gasteiger partial charge on any atom is 0.306 e. The smallest absolute Gasteiger partial charge is 0.306 e. The van der Waals surface area contributed by atoms with E-state index in [-0.39, 0.29) is 29.7 Å². The molecule has 0 aliphatic heterocycles. The first kappa shape index (κ1) is 20.7. The van der Waals surface area contributed by atoms with Crippen molar-refractivity contribution >= 4 is 34.8 Å². The molecule has 1 aromatic carbocycles. The highest BCUT2D eigenvalue weighted by Gasteiger charge is 2.25. The van der Waals surface area contributed by atoms with Crippen LogP contribution in [0.4, 0.5) is 5.69 Å². The number of H-pyrrole nitrogens is 1. The van der Waals surface area contributed by atoms with Gasteiger partial charge < -0.3 is 20.1 Å². The number of amides is 1. The number of anilines is 1. The Labute approximate surface area is 172 Å². The zero-order valence-electron chi connectivity index (χ0n) is 16.5. The van der Waals surface area contributed by atoms with E-state index in [4.69, 9.17) is 11.6 Å². The van der Waals surface area contributed by atoms with Crippen LogP contribution in [-0.2, 0) is 19.7 Å². The molecular formula is C19H22ClN5O4. The van der Waals surface area contributed by atoms with Crippen molar-refractivity contribution < 1.29 is 19.4 Å². The summed E-state index contributed by atoms with van der Waals surface area (Å²) in [5, 5.41) is 22.0. The minimum Gasteiger partial charge on any atom is -0.506 e. The summed E-state index contributed by atoms with van der Waals surface area (Å²) in [5.41, 5.74) is 1.88. The Hall–Kier alpha value is -3.07. The lowest BCUT2D eigenvalue weighted by atomic mass is 9.92. The normalized spacial score (nSPS) is 11.6. The number of carbonyl (C=O) groups is 2. The van der Waals surface area contributed by atoms with Gasteiger partial charge in [-0.3, -0.25) is 9.59 Å². The molecule has 2 heterocycles. The van der Waals surface area contributed by atoms with Crippen LogP contribution in [0.25, 0.3) is 17.0 Å². The van der Waals surface area contributed by atoms with Crippen LogP contribution in [0.2, 0.25) is 5.02 Å². The highest BCUT2D eigenvalue weighted by molar-refractivity contribution is 6.34. The van der Waals surface area contributed by atoms with Crippen LogP contribution in [0, 0.1) is 0 Å². The molecule has 3 N–H and O–H groups in total. The van der Waals surface area contributed by atoms with Gasteiger partial charge in [0.2, 0.25) is 5.91 Å². The topological polar surface area (TPSA) is 122 Å². The fourth-order valence-electron chi connectivity index (χ4n) is 2.72. The molecule has 154 valence electrons. The molecule has 10 heteroatoms. The van der Waals surface area contributed by atoms with Crippen LogP contribution in [0.3, 0.4) is 0 Å². The molecule has 0 saturated heterocycles. The van der Waals surface area contributed by atoms with E-state index < -0.39 is 11.9 Å². The van der Waals surface area contributed by atoms with Gasteiger partial charge in [0.15, 0.2) is 11.5 Å². The summed E-state index contributed by atoms with van der Waals surface area (Å²) in [6, 6.07) is 4.66. The number of esters is 1. The van der Waals surface area contributed by atoms with Gasteiger partial charge in [0.25, 0.3) is 0 Å². The third-order valence-corrected chi connectivity index (χ3v) is 4.64. The van der Waals surface area contributed by atoms with E-state index >= 15 is 0 Å². The number of nitrogens with one attached hydrogen (secondary N) is 2. The van der Waals surface area contributed by atoms with Gasteiger partial charge in [-0.2, -0.15) is 5.10 Å². The molecule has 3 rings (SSSR count). The number of rotatable bonds is 5. The van der Waals surface area contributed by atoms with Gasteiger partial charge in [-0.15, -0.1) is 9.73 Å². The van der Waals surface area contributed by atoms with Crippen LogP contribution in [0.1, 0.15) is 39.3 Å². The number of ether oxygens (including phenoxy) is 1. The van der Waals surface area contributed by atoms with E-state index in [9.17, 15) is 14.7 Å². The van der Waals surface area contributed by atoms with Crippen molar-refractivity contribution in [2.24, 2.45) is 0 Å². The van der Waals surface area contributed by atoms with E-state index in [1.165, 1.54) is 17.8 Å². The molecule has 0 radical (unpaired) electrons. The van der Waals surface area contributed by atoms with Gasteiger partial charge in [0.1, 0.15) is 10.8 Å². The maximum atomic E-state index is 12.0. The Morgan fingerprint density at radius 3 is 2.62 bits per heavy atom. The summed E-state index contributed by atoms with van der Waals surface area (Å²) < 4.78 is 5.94. The fraction of sp³-hybridized carbons (Fsp3) is 0.368. The molecule has 0 fully saturated rings. The SMILES string of the molecule is COC(=O)CCC(=O)Nc1cc(-c2nn3nc(C(C)(C)C)c(Cl)c3[nH]2)ccc1O. The number of nitrogens with zero attached hydrogens (tertiary/aromatic N) is 3. The predicted molar refractivity (Wildman–Crippen MR) is 108 cm³/mol. The van der Waals surface area contributed by atoms with Crippen molar-refractivity contribution in [3.63, 3.8) is 0 Å². The Bertz CT molecular complexity index is 1080. The highest BCUT2D eigenvalue weighted by atomic mass is 35.5. The molecule has 0 spiro atoms. The molecule has 29 heavy (non-hydrogen) atoms. The third kappa shape index (κ3) is 4.34. The highest BCUT2D eigenvalue weighted by Crippen LogP contribution is 2.33. The Balaban J connectivity index is 1.85. The number of halogens is 1. The first-order chi connectivity index (χ1) is 13.6. The summed E-state index contributed by atoms with van der Waals surface area (Å²) in [6.45, 7) is 6.03. The largest absolute Gasteiger partial charge is 0.506 e. The van der Waals surface area contributed by atoms with E-state index in [1.807, 2.05) is 20.8 Å². The van der Waals surface area contributed by atoms with Gasteiger partial charge >= 0.3 is 5.97 Å². The first-order valence-corrected chi connectivity index (χ1v) is 9.33. The number of methoxy groups -OCH3 is 1. The van der Waals surface area contributed by atoms with Crippen LogP contribution >= 0.6 is 11.6 Å². The number of hydrogen-bond donors (Lipinski definition) is 3. The number of fused-ring (bicyclic) bond motifs is 1. The standard InChI is InChI=1S/C19H22ClN5O4/c1-19(2,3)16-15(20)18-22-17(24-25(18)23-16)10-5-6-12(26)11(9-10)21-13(27)7-8-14(28)29-4/h5-6,9,26H,7-8H2,1-4H3,(H,21,27)(H,22,24). The molecule has 0 atom stereocenters. The summed E-state index contributed by atoms with van der Waals surface area (Å²) in [4.78, 5) is 26.3. The lowest BCUT2D eigenvalue weighted by molar-refractivity contribution is -0.141. The zero-order chi connectivity index (χ0) is 21.3. The second-order valence-corrected chi connectivity index (χ2v) is 7.96. The van der Waals surface area contributed by atoms with Crippen molar-refractivity contribution in [2.45, 2.75) is 39.0 Å². The number of aromatic nitrogens is 4. The number of hydrogen-bond acceptors (Lipinski definition) is 6. The Morgan fingerprint density at radius 1 is 1.28 bits per heavy atom. The van der Waals surface area contributed by atoms with Crippen molar-refractivity contribution in [3.8, 4) is 17.1 Å². The third-order valence-electron chi connectivity index (χ3n) is 4.28. The quantitative estimate of drug-likeness (QED) is 0.431. The second kappa shape index (κ2) is 7.75. The summed E-state index contributed by atoms with van der Waals surface area (Å²) in [5.74, 6) is -0.539. The van der Waals surface area contributed by atoms with Crippen LogP contribution in [0.15, 0.2) is 18.2 Å². The van der Waals surface area contributed by atoms with E-state index in [2.05, 4.69) is 25.2 Å². The summed E-state index contributed by atoms with van der Waals surface area (Å²) in [7, 11) is 1.26. The summed E-state index contributed by atoms with van der Waals surface area (Å²) in [6.07, 6.45) is -0.108. The van der Waals surface area contributed by atoms with Crippen LogP contribution in [0.5, 0.6) is 5.75 Å². The lowest BCUT2D eigenvalue weighted by Crippen LogP contribution is -2.14. The molecule has 9 nitrogen and oxygen atoms in total. The van der Waals surface area contributed by atoms with E-state index in [0.717, 1.165) is 5.69 Å². The Kier molecular flexibility index (Phi) is 5.52.